The number of hydrogen-bond acceptors (Lipinski definition) is 5. The normalized spacial score (nSPS) is 11.3. The Morgan fingerprint density at radius 1 is 1.21 bits per heavy atom. The van der Waals surface area contributed by atoms with Gasteiger partial charge in [0, 0.05) is 19.7 Å². The molecule has 7 nitrogen and oxygen atoms in total. The standard InChI is InChI=1S/C16H19N3O4S/c1-12-6-4-5-7-13(12)11-18(3)15-9-8-14(24(22,23)17-2)10-16(15)19(20)21/h4-10,17H,11H2,1-3H3. The fourth-order valence-electron chi connectivity index (χ4n) is 2.39. The van der Waals surface area contributed by atoms with Crippen LogP contribution in [0.25, 0.3) is 0 Å². The second-order valence-electron chi connectivity index (χ2n) is 5.40. The Morgan fingerprint density at radius 3 is 2.46 bits per heavy atom. The number of nitro benzene ring substituents is 1. The first-order valence-electron chi connectivity index (χ1n) is 7.24. The van der Waals surface area contributed by atoms with Crippen LogP contribution in [0.2, 0.25) is 0 Å². The van der Waals surface area contributed by atoms with Crippen molar-refractivity contribution >= 4 is 21.4 Å². The predicted molar refractivity (Wildman–Crippen MR) is 92.6 cm³/mol. The fourth-order valence-corrected chi connectivity index (χ4v) is 3.14. The average Bonchev–Trinajstić information content (AvgIpc) is 2.56. The lowest BCUT2D eigenvalue weighted by molar-refractivity contribution is -0.384. The summed E-state index contributed by atoms with van der Waals surface area (Å²) in [6, 6.07) is 11.7. The zero-order valence-corrected chi connectivity index (χ0v) is 14.5. The fraction of sp³-hybridized carbons (Fsp3) is 0.250. The molecule has 0 saturated heterocycles. The van der Waals surface area contributed by atoms with Gasteiger partial charge in [-0.25, -0.2) is 13.1 Å². The van der Waals surface area contributed by atoms with Gasteiger partial charge in [0.25, 0.3) is 5.69 Å². The molecule has 8 heteroatoms. The molecule has 0 saturated carbocycles. The molecular formula is C16H19N3O4S. The summed E-state index contributed by atoms with van der Waals surface area (Å²) in [5, 5.41) is 11.4. The number of nitrogens with one attached hydrogen (secondary N) is 1. The highest BCUT2D eigenvalue weighted by molar-refractivity contribution is 7.89. The van der Waals surface area contributed by atoms with E-state index in [-0.39, 0.29) is 10.6 Å². The van der Waals surface area contributed by atoms with E-state index in [1.807, 2.05) is 31.2 Å². The van der Waals surface area contributed by atoms with Crippen LogP contribution in [0.5, 0.6) is 0 Å². The minimum absolute atomic E-state index is 0.134. The highest BCUT2D eigenvalue weighted by Crippen LogP contribution is 2.31. The molecule has 0 atom stereocenters. The molecule has 2 rings (SSSR count). The van der Waals surface area contributed by atoms with Crippen molar-refractivity contribution in [2.24, 2.45) is 0 Å². The summed E-state index contributed by atoms with van der Waals surface area (Å²) in [6.07, 6.45) is 0. The molecule has 0 heterocycles. The van der Waals surface area contributed by atoms with Gasteiger partial charge < -0.3 is 4.90 Å². The molecule has 2 aromatic carbocycles. The van der Waals surface area contributed by atoms with Crippen LogP contribution >= 0.6 is 0 Å². The number of hydrogen-bond donors (Lipinski definition) is 1. The molecule has 2 aromatic rings. The Bertz CT molecular complexity index is 865. The van der Waals surface area contributed by atoms with E-state index in [1.165, 1.54) is 19.2 Å². The van der Waals surface area contributed by atoms with Crippen LogP contribution in [-0.4, -0.2) is 27.4 Å². The third kappa shape index (κ3) is 3.72. The van der Waals surface area contributed by atoms with Crippen LogP contribution < -0.4 is 9.62 Å². The van der Waals surface area contributed by atoms with Gasteiger partial charge in [0.05, 0.1) is 9.82 Å². The van der Waals surface area contributed by atoms with Crippen LogP contribution in [0, 0.1) is 17.0 Å². The Hall–Kier alpha value is -2.45. The largest absolute Gasteiger partial charge is 0.365 e. The molecule has 0 unspecified atom stereocenters. The molecule has 0 bridgehead atoms. The van der Waals surface area contributed by atoms with E-state index >= 15 is 0 Å². The van der Waals surface area contributed by atoms with Crippen molar-refractivity contribution < 1.29 is 13.3 Å². The van der Waals surface area contributed by atoms with Gasteiger partial charge in [0.15, 0.2) is 0 Å². The molecule has 0 fully saturated rings. The molecule has 128 valence electrons. The summed E-state index contributed by atoms with van der Waals surface area (Å²) in [5.74, 6) is 0. The Morgan fingerprint density at radius 2 is 1.88 bits per heavy atom. The topological polar surface area (TPSA) is 92.6 Å². The van der Waals surface area contributed by atoms with Gasteiger partial charge in [0.2, 0.25) is 10.0 Å². The van der Waals surface area contributed by atoms with E-state index in [4.69, 9.17) is 0 Å². The molecule has 0 amide bonds. The Balaban J connectivity index is 2.43. The lowest BCUT2D eigenvalue weighted by Crippen LogP contribution is -2.21. The van der Waals surface area contributed by atoms with Gasteiger partial charge in [0.1, 0.15) is 5.69 Å². The first-order valence-corrected chi connectivity index (χ1v) is 8.72. The van der Waals surface area contributed by atoms with Crippen molar-refractivity contribution in [3.63, 3.8) is 0 Å². The van der Waals surface area contributed by atoms with Gasteiger partial charge >= 0.3 is 0 Å². The molecule has 0 aromatic heterocycles. The summed E-state index contributed by atoms with van der Waals surface area (Å²) in [5.41, 5.74) is 2.24. The maximum atomic E-state index is 11.8. The third-order valence-corrected chi connectivity index (χ3v) is 5.21. The number of rotatable bonds is 6. The smallest absolute Gasteiger partial charge is 0.293 e. The number of sulfonamides is 1. The monoisotopic (exact) mass is 349 g/mol. The van der Waals surface area contributed by atoms with Crippen molar-refractivity contribution in [2.45, 2.75) is 18.4 Å². The summed E-state index contributed by atoms with van der Waals surface area (Å²) in [7, 11) is -0.735. The van der Waals surface area contributed by atoms with Crippen LogP contribution in [-0.2, 0) is 16.6 Å². The second kappa shape index (κ2) is 6.98. The Labute approximate surface area is 141 Å². The number of benzene rings is 2. The van der Waals surface area contributed by atoms with E-state index in [9.17, 15) is 18.5 Å². The van der Waals surface area contributed by atoms with E-state index in [0.717, 1.165) is 17.2 Å². The predicted octanol–water partition coefficient (Wildman–Crippen LogP) is 2.45. The molecule has 0 aliphatic carbocycles. The maximum Gasteiger partial charge on any atom is 0.293 e. The SMILES string of the molecule is CNS(=O)(=O)c1ccc(N(C)Cc2ccccc2C)c([N+](=O)[O-])c1. The quantitative estimate of drug-likeness (QED) is 0.639. The lowest BCUT2D eigenvalue weighted by Gasteiger charge is -2.20. The van der Waals surface area contributed by atoms with Crippen molar-refractivity contribution in [1.82, 2.24) is 4.72 Å². The van der Waals surface area contributed by atoms with E-state index in [0.29, 0.717) is 12.2 Å². The summed E-state index contributed by atoms with van der Waals surface area (Å²) < 4.78 is 25.8. The first kappa shape index (κ1) is 17.9. The van der Waals surface area contributed by atoms with Gasteiger partial charge in [-0.05, 0) is 37.2 Å². The lowest BCUT2D eigenvalue weighted by atomic mass is 10.1. The van der Waals surface area contributed by atoms with Crippen molar-refractivity contribution in [2.75, 3.05) is 19.0 Å². The maximum absolute atomic E-state index is 11.8. The minimum Gasteiger partial charge on any atom is -0.365 e. The highest BCUT2D eigenvalue weighted by Gasteiger charge is 2.22. The first-order chi connectivity index (χ1) is 11.3. The van der Waals surface area contributed by atoms with Gasteiger partial charge in [-0.1, -0.05) is 24.3 Å². The number of nitro groups is 1. The molecular weight excluding hydrogens is 330 g/mol. The van der Waals surface area contributed by atoms with Crippen LogP contribution in [0.1, 0.15) is 11.1 Å². The van der Waals surface area contributed by atoms with Crippen molar-refractivity contribution in [3.8, 4) is 0 Å². The molecule has 0 aliphatic heterocycles. The third-order valence-electron chi connectivity index (χ3n) is 3.80. The minimum atomic E-state index is -3.74. The summed E-state index contributed by atoms with van der Waals surface area (Å²) in [6.45, 7) is 2.45. The van der Waals surface area contributed by atoms with Crippen LogP contribution in [0.15, 0.2) is 47.4 Å². The highest BCUT2D eigenvalue weighted by atomic mass is 32.2. The van der Waals surface area contributed by atoms with E-state index in [2.05, 4.69) is 4.72 Å². The summed E-state index contributed by atoms with van der Waals surface area (Å²) in [4.78, 5) is 12.4. The molecule has 0 radical (unpaired) electrons. The molecule has 24 heavy (non-hydrogen) atoms. The zero-order chi connectivity index (χ0) is 17.9. The number of anilines is 1. The van der Waals surface area contributed by atoms with Crippen LogP contribution in [0.4, 0.5) is 11.4 Å². The second-order valence-corrected chi connectivity index (χ2v) is 7.28. The molecule has 1 N–H and O–H groups in total. The zero-order valence-electron chi connectivity index (χ0n) is 13.7. The van der Waals surface area contributed by atoms with Gasteiger partial charge in [-0.3, -0.25) is 10.1 Å². The Kier molecular flexibility index (Phi) is 5.20. The summed E-state index contributed by atoms with van der Waals surface area (Å²) >= 11 is 0. The van der Waals surface area contributed by atoms with Crippen molar-refractivity contribution in [3.05, 3.63) is 63.7 Å². The molecule has 0 aliphatic rings. The van der Waals surface area contributed by atoms with Crippen LogP contribution in [0.3, 0.4) is 0 Å². The van der Waals surface area contributed by atoms with Crippen molar-refractivity contribution in [1.29, 1.82) is 0 Å². The van der Waals surface area contributed by atoms with Gasteiger partial charge in [-0.2, -0.15) is 0 Å². The number of aryl methyl sites for hydroxylation is 1. The molecule has 0 spiro atoms. The van der Waals surface area contributed by atoms with E-state index < -0.39 is 14.9 Å². The van der Waals surface area contributed by atoms with E-state index in [1.54, 1.807) is 11.9 Å². The van der Waals surface area contributed by atoms with Gasteiger partial charge in [-0.15, -0.1) is 0 Å². The number of nitrogens with zero attached hydrogens (tertiary/aromatic N) is 2. The average molecular weight is 349 g/mol.